The van der Waals surface area contributed by atoms with Gasteiger partial charge in [-0.25, -0.2) is 0 Å². The van der Waals surface area contributed by atoms with Gasteiger partial charge in [0.25, 0.3) is 0 Å². The number of piperidine rings is 1. The summed E-state index contributed by atoms with van der Waals surface area (Å²) in [5.74, 6) is 0.870. The number of rotatable bonds is 0. The molecule has 22 heavy (non-hydrogen) atoms. The molecule has 1 heterocycles. The van der Waals surface area contributed by atoms with E-state index in [9.17, 15) is 15.0 Å². The van der Waals surface area contributed by atoms with Gasteiger partial charge in [-0.15, -0.1) is 0 Å². The van der Waals surface area contributed by atoms with Crippen molar-refractivity contribution in [2.75, 3.05) is 13.6 Å². The molecule has 2 fully saturated rings. The number of hydrogen-bond donors (Lipinski definition) is 3. The lowest BCUT2D eigenvalue weighted by molar-refractivity contribution is -0.918. The van der Waals surface area contributed by atoms with Gasteiger partial charge in [-0.1, -0.05) is 6.07 Å². The molecule has 0 spiro atoms. The summed E-state index contributed by atoms with van der Waals surface area (Å²) in [5, 5.41) is 20.1. The highest BCUT2D eigenvalue weighted by atomic mass is 79.9. The molecule has 1 saturated heterocycles. The number of phenols is 2. The molecule has 4 rings (SSSR count). The van der Waals surface area contributed by atoms with Gasteiger partial charge >= 0.3 is 0 Å². The molecule has 1 aromatic carbocycles. The van der Waals surface area contributed by atoms with Gasteiger partial charge < -0.3 is 32.1 Å². The van der Waals surface area contributed by atoms with Crippen LogP contribution in [0.3, 0.4) is 0 Å². The van der Waals surface area contributed by atoms with Crippen LogP contribution in [-0.4, -0.2) is 35.6 Å². The summed E-state index contributed by atoms with van der Waals surface area (Å²) in [6.07, 6.45) is 4.10. The maximum Gasteiger partial charge on any atom is 0.161 e. The Labute approximate surface area is 140 Å². The summed E-state index contributed by atoms with van der Waals surface area (Å²) in [5.41, 5.74) is 1.91. The maximum atomic E-state index is 12.1. The highest BCUT2D eigenvalue weighted by molar-refractivity contribution is 5.81. The van der Waals surface area contributed by atoms with E-state index in [1.54, 1.807) is 6.07 Å². The van der Waals surface area contributed by atoms with Crippen LogP contribution in [0.2, 0.25) is 0 Å². The van der Waals surface area contributed by atoms with Crippen molar-refractivity contribution in [3.8, 4) is 11.5 Å². The van der Waals surface area contributed by atoms with Gasteiger partial charge in [0.1, 0.15) is 5.78 Å². The third kappa shape index (κ3) is 1.95. The summed E-state index contributed by atoms with van der Waals surface area (Å²) in [4.78, 5) is 13.6. The number of likely N-dealkylation sites (tertiary alicyclic amines) is 1. The van der Waals surface area contributed by atoms with Crippen molar-refractivity contribution in [1.82, 2.24) is 0 Å². The summed E-state index contributed by atoms with van der Waals surface area (Å²) >= 11 is 0. The van der Waals surface area contributed by atoms with Crippen LogP contribution >= 0.6 is 0 Å². The fraction of sp³-hybridized carbons (Fsp3) is 0.588. The summed E-state index contributed by atoms with van der Waals surface area (Å²) in [7, 11) is 2.22. The quantitative estimate of drug-likeness (QED) is 0.446. The van der Waals surface area contributed by atoms with Crippen molar-refractivity contribution in [3.63, 3.8) is 0 Å². The second-order valence-electron chi connectivity index (χ2n) is 7.13. The lowest BCUT2D eigenvalue weighted by Crippen LogP contribution is -3.16. The fourth-order valence-corrected chi connectivity index (χ4v) is 5.24. The molecule has 3 N–H and O–H groups in total. The number of phenolic OH excluding ortho intramolecular Hbond substituents is 2. The van der Waals surface area contributed by atoms with E-state index in [4.69, 9.17) is 0 Å². The number of hydrogen-bond acceptors (Lipinski definition) is 3. The van der Waals surface area contributed by atoms with Crippen molar-refractivity contribution in [2.24, 2.45) is 5.92 Å². The van der Waals surface area contributed by atoms with Gasteiger partial charge in [0.05, 0.1) is 19.6 Å². The Hall–Kier alpha value is -1.07. The molecular formula is C17H22BrNO3. The van der Waals surface area contributed by atoms with E-state index >= 15 is 0 Å². The Bertz CT molecular complexity index is 633. The molecule has 3 aliphatic rings. The third-order valence-electron chi connectivity index (χ3n) is 6.26. The van der Waals surface area contributed by atoms with Crippen LogP contribution in [0.4, 0.5) is 0 Å². The number of benzene rings is 1. The Morgan fingerprint density at radius 2 is 2.09 bits per heavy atom. The lowest BCUT2D eigenvalue weighted by Gasteiger charge is -2.55. The Morgan fingerprint density at radius 1 is 1.32 bits per heavy atom. The van der Waals surface area contributed by atoms with Crippen LogP contribution in [0.5, 0.6) is 11.5 Å². The van der Waals surface area contributed by atoms with Gasteiger partial charge in [-0.05, 0) is 18.1 Å². The number of carbonyl (C=O) groups excluding carboxylic acids is 1. The van der Waals surface area contributed by atoms with Crippen molar-refractivity contribution >= 4 is 5.78 Å². The average Bonchev–Trinajstić information content (AvgIpc) is 2.46. The number of halogens is 1. The monoisotopic (exact) mass is 367 g/mol. The fourth-order valence-electron chi connectivity index (χ4n) is 5.24. The van der Waals surface area contributed by atoms with E-state index in [2.05, 4.69) is 7.05 Å². The minimum absolute atomic E-state index is 0. The number of likely N-dealkylation sites (N-methyl/N-ethyl adjacent to an activating group) is 1. The molecule has 1 aliphatic heterocycles. The number of fused-ring (bicyclic) bond motifs is 1. The van der Waals surface area contributed by atoms with E-state index in [0.29, 0.717) is 30.6 Å². The first-order valence-electron chi connectivity index (χ1n) is 7.91. The zero-order chi connectivity index (χ0) is 14.8. The van der Waals surface area contributed by atoms with Crippen molar-refractivity contribution in [2.45, 2.75) is 43.6 Å². The molecule has 120 valence electrons. The van der Waals surface area contributed by atoms with Crippen molar-refractivity contribution in [1.29, 1.82) is 0 Å². The van der Waals surface area contributed by atoms with Crippen LogP contribution in [0.15, 0.2) is 12.1 Å². The number of quaternary nitrogens is 1. The summed E-state index contributed by atoms with van der Waals surface area (Å²) in [6.45, 7) is 1.08. The van der Waals surface area contributed by atoms with Crippen molar-refractivity contribution in [3.05, 3.63) is 23.3 Å². The normalized spacial score (nSPS) is 36.0. The molecule has 4 nitrogen and oxygen atoms in total. The minimum Gasteiger partial charge on any atom is -1.00 e. The Morgan fingerprint density at radius 3 is 2.86 bits per heavy atom. The smallest absolute Gasteiger partial charge is 0.161 e. The maximum absolute atomic E-state index is 12.1. The van der Waals surface area contributed by atoms with Gasteiger partial charge in [0.2, 0.25) is 0 Å². The molecule has 5 heteroatoms. The zero-order valence-corrected chi connectivity index (χ0v) is 14.3. The van der Waals surface area contributed by atoms with Gasteiger partial charge in [0.15, 0.2) is 11.5 Å². The first-order chi connectivity index (χ1) is 10.0. The molecule has 2 aliphatic carbocycles. The van der Waals surface area contributed by atoms with Gasteiger partial charge in [0, 0.05) is 42.6 Å². The van der Waals surface area contributed by atoms with E-state index in [-0.39, 0.29) is 33.9 Å². The van der Waals surface area contributed by atoms with E-state index < -0.39 is 0 Å². The van der Waals surface area contributed by atoms with Crippen LogP contribution in [0, 0.1) is 5.92 Å². The Kier molecular flexibility index (Phi) is 3.76. The zero-order valence-electron chi connectivity index (χ0n) is 12.7. The van der Waals surface area contributed by atoms with Crippen LogP contribution in [-0.2, 0) is 16.6 Å². The number of nitrogens with one attached hydrogen (secondary N) is 1. The average molecular weight is 368 g/mol. The predicted octanol–water partition coefficient (Wildman–Crippen LogP) is -2.45. The molecule has 2 bridgehead atoms. The van der Waals surface area contributed by atoms with Crippen LogP contribution < -0.4 is 21.9 Å². The largest absolute Gasteiger partial charge is 1.00 e. The second-order valence-corrected chi connectivity index (χ2v) is 7.13. The Balaban J connectivity index is 0.00000144. The SMILES string of the molecule is C[NH+]1CC[C@]23CC(=O)CC[C@H]2[C@H]1Cc1c3ccc(O)c1O.[Br-]. The number of aromatic hydroxyl groups is 2. The molecule has 4 atom stereocenters. The molecule has 1 unspecified atom stereocenters. The van der Waals surface area contributed by atoms with Crippen molar-refractivity contribution < 1.29 is 36.9 Å². The summed E-state index contributed by atoms with van der Waals surface area (Å²) in [6, 6.07) is 3.99. The molecule has 0 amide bonds. The molecule has 0 aromatic heterocycles. The highest BCUT2D eigenvalue weighted by Gasteiger charge is 2.57. The van der Waals surface area contributed by atoms with Gasteiger partial charge in [-0.2, -0.15) is 0 Å². The number of carbonyl (C=O) groups is 1. The van der Waals surface area contributed by atoms with Crippen LogP contribution in [0.1, 0.15) is 36.8 Å². The third-order valence-corrected chi connectivity index (χ3v) is 6.26. The lowest BCUT2D eigenvalue weighted by atomic mass is 9.52. The highest BCUT2D eigenvalue weighted by Crippen LogP contribution is 2.54. The topological polar surface area (TPSA) is 62.0 Å². The van der Waals surface area contributed by atoms with E-state index in [1.807, 2.05) is 6.07 Å². The van der Waals surface area contributed by atoms with E-state index in [0.717, 1.165) is 36.9 Å². The van der Waals surface area contributed by atoms with Crippen LogP contribution in [0.25, 0.3) is 0 Å². The predicted molar refractivity (Wildman–Crippen MR) is 77.7 cm³/mol. The number of ketones is 1. The summed E-state index contributed by atoms with van der Waals surface area (Å²) < 4.78 is 0. The molecule has 1 saturated carbocycles. The first kappa shape index (κ1) is 15.8. The standard InChI is InChI=1S/C17H21NO3.BrH/c1-18-7-6-17-9-10(19)2-3-13(17)14(18)8-11-12(17)4-5-15(20)16(11)21;/h4-5,13-14,20-21H,2-3,6-9H2,1H3;1H/t13-,14+,17+;/m0./s1. The molecular weight excluding hydrogens is 346 g/mol. The second kappa shape index (κ2) is 5.24. The van der Waals surface area contributed by atoms with Gasteiger partial charge in [-0.3, -0.25) is 4.79 Å². The molecule has 1 aromatic rings. The first-order valence-corrected chi connectivity index (χ1v) is 7.91. The van der Waals surface area contributed by atoms with E-state index in [1.165, 1.54) is 4.90 Å². The minimum atomic E-state index is -0.0989. The number of Topliss-reactive ketones (excluding diaryl/α,β-unsaturated/α-hetero) is 1. The molecule has 0 radical (unpaired) electrons.